The predicted molar refractivity (Wildman–Crippen MR) is 145 cm³/mol. The molecule has 0 bridgehead atoms. The normalized spacial score (nSPS) is 16.6. The molecule has 3 N–H and O–H groups in total. The maximum absolute atomic E-state index is 13.5. The van der Waals surface area contributed by atoms with Crippen LogP contribution in [0.5, 0.6) is 0 Å². The van der Waals surface area contributed by atoms with E-state index in [0.29, 0.717) is 17.3 Å². The third-order valence-electron chi connectivity index (χ3n) is 7.62. The molecule has 0 radical (unpaired) electrons. The molecule has 10 nitrogen and oxygen atoms in total. The first-order valence-corrected chi connectivity index (χ1v) is 13.2. The van der Waals surface area contributed by atoms with Gasteiger partial charge in [0, 0.05) is 36.5 Å². The van der Waals surface area contributed by atoms with Gasteiger partial charge >= 0.3 is 0 Å². The van der Waals surface area contributed by atoms with E-state index in [1.165, 1.54) is 32.1 Å². The number of pyridine rings is 1. The molecule has 0 spiro atoms. The SMILES string of the molecule is Nc1nn2cc(F)cnc2c1C(=O)Nc1cnccc1-c1ccc(C(=O)N2CCC(N3CCCC3)CC2)cc1. The number of hydrogen-bond acceptors (Lipinski definition) is 7. The van der Waals surface area contributed by atoms with Gasteiger partial charge in [-0.25, -0.2) is 13.9 Å². The van der Waals surface area contributed by atoms with Gasteiger partial charge in [0.15, 0.2) is 17.3 Å². The van der Waals surface area contributed by atoms with E-state index in [1.54, 1.807) is 12.3 Å². The Balaban J connectivity index is 1.17. The summed E-state index contributed by atoms with van der Waals surface area (Å²) in [4.78, 5) is 38.9. The quantitative estimate of drug-likeness (QED) is 0.407. The highest BCUT2D eigenvalue weighted by Crippen LogP contribution is 2.29. The fourth-order valence-corrected chi connectivity index (χ4v) is 5.59. The number of carbonyl (C=O) groups excluding carboxylic acids is 2. The van der Waals surface area contributed by atoms with Gasteiger partial charge < -0.3 is 20.9 Å². The summed E-state index contributed by atoms with van der Waals surface area (Å²) in [6.45, 7) is 3.91. The minimum Gasteiger partial charge on any atom is -0.381 e. The Bertz CT molecular complexity index is 1520. The fraction of sp³-hybridized carbons (Fsp3) is 0.321. The molecule has 2 saturated heterocycles. The summed E-state index contributed by atoms with van der Waals surface area (Å²) < 4.78 is 14.7. The molecule has 4 aromatic rings. The van der Waals surface area contributed by atoms with E-state index in [1.807, 2.05) is 29.2 Å². The molecule has 0 unspecified atom stereocenters. The summed E-state index contributed by atoms with van der Waals surface area (Å²) in [5.41, 5.74) is 8.74. The smallest absolute Gasteiger partial charge is 0.263 e. The van der Waals surface area contributed by atoms with Crippen LogP contribution < -0.4 is 11.1 Å². The molecular weight excluding hydrogens is 499 g/mol. The van der Waals surface area contributed by atoms with Crippen LogP contribution in [0.2, 0.25) is 0 Å². The van der Waals surface area contributed by atoms with E-state index in [4.69, 9.17) is 5.73 Å². The molecule has 200 valence electrons. The Morgan fingerprint density at radius 1 is 1.00 bits per heavy atom. The highest BCUT2D eigenvalue weighted by atomic mass is 19.1. The summed E-state index contributed by atoms with van der Waals surface area (Å²) in [5, 5.41) is 6.81. The number of nitrogens with one attached hydrogen (secondary N) is 1. The van der Waals surface area contributed by atoms with Gasteiger partial charge in [-0.3, -0.25) is 14.6 Å². The Labute approximate surface area is 224 Å². The number of rotatable bonds is 5. The number of anilines is 2. The Kier molecular flexibility index (Phi) is 6.65. The molecule has 39 heavy (non-hydrogen) atoms. The summed E-state index contributed by atoms with van der Waals surface area (Å²) in [6.07, 6.45) is 9.86. The lowest BCUT2D eigenvalue weighted by atomic mass is 10.0. The second kappa shape index (κ2) is 10.4. The minimum absolute atomic E-state index is 0.0391. The number of carbonyl (C=O) groups is 2. The molecule has 0 saturated carbocycles. The average molecular weight is 529 g/mol. The van der Waals surface area contributed by atoms with Gasteiger partial charge in [0.2, 0.25) is 0 Å². The second-order valence-electron chi connectivity index (χ2n) is 10.0. The molecule has 11 heteroatoms. The molecule has 5 heterocycles. The van der Waals surface area contributed by atoms with Gasteiger partial charge in [0.1, 0.15) is 5.56 Å². The molecule has 6 rings (SSSR count). The van der Waals surface area contributed by atoms with Gasteiger partial charge in [-0.2, -0.15) is 0 Å². The zero-order chi connectivity index (χ0) is 26.9. The van der Waals surface area contributed by atoms with Crippen LogP contribution in [0.25, 0.3) is 16.8 Å². The van der Waals surface area contributed by atoms with E-state index < -0.39 is 11.7 Å². The van der Waals surface area contributed by atoms with Crippen molar-refractivity contribution in [1.82, 2.24) is 29.4 Å². The number of benzene rings is 1. The molecule has 2 aliphatic heterocycles. The highest BCUT2D eigenvalue weighted by molar-refractivity contribution is 6.12. The summed E-state index contributed by atoms with van der Waals surface area (Å²) >= 11 is 0. The first kappa shape index (κ1) is 24.9. The van der Waals surface area contributed by atoms with Crippen molar-refractivity contribution in [3.05, 3.63) is 72.1 Å². The zero-order valence-electron chi connectivity index (χ0n) is 21.4. The van der Waals surface area contributed by atoms with Gasteiger partial charge in [0.05, 0.1) is 24.3 Å². The molecular formula is C28H29FN8O2. The fourth-order valence-electron chi connectivity index (χ4n) is 5.59. The Morgan fingerprint density at radius 2 is 1.74 bits per heavy atom. The van der Waals surface area contributed by atoms with Crippen molar-refractivity contribution in [3.63, 3.8) is 0 Å². The van der Waals surface area contributed by atoms with Crippen LogP contribution >= 0.6 is 0 Å². The van der Waals surface area contributed by atoms with Crippen LogP contribution in [0, 0.1) is 5.82 Å². The molecule has 2 fully saturated rings. The Hall–Kier alpha value is -4.38. The number of nitrogens with zero attached hydrogens (tertiary/aromatic N) is 6. The number of amides is 2. The molecule has 1 aromatic carbocycles. The van der Waals surface area contributed by atoms with Crippen molar-refractivity contribution in [2.75, 3.05) is 37.2 Å². The summed E-state index contributed by atoms with van der Waals surface area (Å²) in [5.74, 6) is -1.17. The van der Waals surface area contributed by atoms with Gasteiger partial charge in [-0.15, -0.1) is 5.10 Å². The number of likely N-dealkylation sites (tertiary alicyclic amines) is 2. The first-order chi connectivity index (χ1) is 19.0. The summed E-state index contributed by atoms with van der Waals surface area (Å²) in [7, 11) is 0. The largest absolute Gasteiger partial charge is 0.381 e. The van der Waals surface area contributed by atoms with Crippen molar-refractivity contribution < 1.29 is 14.0 Å². The third-order valence-corrected chi connectivity index (χ3v) is 7.62. The van der Waals surface area contributed by atoms with Gasteiger partial charge in [-0.1, -0.05) is 12.1 Å². The second-order valence-corrected chi connectivity index (χ2v) is 10.0. The van der Waals surface area contributed by atoms with Crippen LogP contribution in [0.15, 0.2) is 55.1 Å². The van der Waals surface area contributed by atoms with Crippen LogP contribution in [0.3, 0.4) is 0 Å². The van der Waals surface area contributed by atoms with E-state index >= 15 is 0 Å². The van der Waals surface area contributed by atoms with E-state index in [2.05, 4.69) is 25.3 Å². The maximum Gasteiger partial charge on any atom is 0.263 e. The molecule has 0 aliphatic carbocycles. The third kappa shape index (κ3) is 4.92. The van der Waals surface area contributed by atoms with Crippen LogP contribution in [0.4, 0.5) is 15.9 Å². The highest BCUT2D eigenvalue weighted by Gasteiger charge is 2.28. The van der Waals surface area contributed by atoms with Crippen molar-refractivity contribution in [3.8, 4) is 11.1 Å². The first-order valence-electron chi connectivity index (χ1n) is 13.2. The minimum atomic E-state index is -0.597. The summed E-state index contributed by atoms with van der Waals surface area (Å²) in [6, 6.07) is 9.73. The molecule has 2 aliphatic rings. The lowest BCUT2D eigenvalue weighted by Crippen LogP contribution is -2.45. The van der Waals surface area contributed by atoms with Crippen LogP contribution in [0.1, 0.15) is 46.4 Å². The topological polar surface area (TPSA) is 122 Å². The van der Waals surface area contributed by atoms with Crippen molar-refractivity contribution in [2.24, 2.45) is 0 Å². The number of nitrogens with two attached hydrogens (primary N) is 1. The number of aromatic nitrogens is 4. The van der Waals surface area contributed by atoms with E-state index in [0.717, 1.165) is 54.0 Å². The standard InChI is InChI=1S/C28H29FN8O2/c29-20-15-32-26-24(25(30)34-37(26)17-20)27(38)33-23-16-31-10-7-22(23)18-3-5-19(6-4-18)28(39)36-13-8-21(9-14-36)35-11-1-2-12-35/h3-7,10,15-17,21H,1-2,8-9,11-14H2,(H2,30,34)(H,33,38). The van der Waals surface area contributed by atoms with Crippen LogP contribution in [-0.2, 0) is 0 Å². The number of hydrogen-bond donors (Lipinski definition) is 2. The molecule has 2 amide bonds. The number of fused-ring (bicyclic) bond motifs is 1. The number of nitrogen functional groups attached to an aromatic ring is 1. The van der Waals surface area contributed by atoms with Gasteiger partial charge in [-0.05, 0) is 62.5 Å². The average Bonchev–Trinajstić information content (AvgIpc) is 3.60. The van der Waals surface area contributed by atoms with E-state index in [-0.39, 0.29) is 22.9 Å². The lowest BCUT2D eigenvalue weighted by Gasteiger charge is -2.36. The predicted octanol–water partition coefficient (Wildman–Crippen LogP) is 3.47. The monoisotopic (exact) mass is 528 g/mol. The van der Waals surface area contributed by atoms with Crippen molar-refractivity contribution >= 4 is 29.0 Å². The molecule has 3 aromatic heterocycles. The number of piperidine rings is 1. The zero-order valence-corrected chi connectivity index (χ0v) is 21.4. The molecule has 0 atom stereocenters. The van der Waals surface area contributed by atoms with Gasteiger partial charge in [0.25, 0.3) is 11.8 Å². The Morgan fingerprint density at radius 3 is 2.49 bits per heavy atom. The maximum atomic E-state index is 13.5. The van der Waals surface area contributed by atoms with Crippen molar-refractivity contribution in [2.45, 2.75) is 31.7 Å². The van der Waals surface area contributed by atoms with Crippen molar-refractivity contribution in [1.29, 1.82) is 0 Å². The van der Waals surface area contributed by atoms with Crippen LogP contribution in [-0.4, -0.2) is 73.4 Å². The lowest BCUT2D eigenvalue weighted by molar-refractivity contribution is 0.0644. The number of halogens is 1. The van der Waals surface area contributed by atoms with E-state index in [9.17, 15) is 14.0 Å².